The van der Waals surface area contributed by atoms with Gasteiger partial charge in [-0.15, -0.1) is 0 Å². The van der Waals surface area contributed by atoms with Crippen LogP contribution in [0.5, 0.6) is 5.75 Å². The molecule has 27 heavy (non-hydrogen) atoms. The minimum Gasteiger partial charge on any atom is -0.489 e. The second kappa shape index (κ2) is 6.98. The van der Waals surface area contributed by atoms with Crippen LogP contribution in [-0.4, -0.2) is 27.5 Å². The van der Waals surface area contributed by atoms with E-state index in [1.165, 1.54) is 24.6 Å². The summed E-state index contributed by atoms with van der Waals surface area (Å²) in [6.07, 6.45) is 2.70. The van der Waals surface area contributed by atoms with Crippen LogP contribution in [0.15, 0.2) is 47.4 Å². The minimum atomic E-state index is -3.71. The molecule has 2 aliphatic rings. The lowest BCUT2D eigenvalue weighted by Gasteiger charge is -2.29. The maximum atomic E-state index is 13.0. The number of benzene rings is 2. The van der Waals surface area contributed by atoms with Gasteiger partial charge in [0.1, 0.15) is 12.4 Å². The predicted molar refractivity (Wildman–Crippen MR) is 102 cm³/mol. The highest BCUT2D eigenvalue weighted by Gasteiger charge is 2.28. The number of sulfonamides is 1. The average Bonchev–Trinajstić information content (AvgIpc) is 2.67. The third-order valence-corrected chi connectivity index (χ3v) is 6.62. The summed E-state index contributed by atoms with van der Waals surface area (Å²) >= 11 is 0. The molecule has 0 bridgehead atoms. The van der Waals surface area contributed by atoms with Crippen molar-refractivity contribution in [2.24, 2.45) is 0 Å². The normalized spacial score (nSPS) is 19.0. The SMILES string of the molecule is CC(=O)N1CCOc2cc(S(=O)(=O)NC3CCCc4ccccc43)ccc21. The summed E-state index contributed by atoms with van der Waals surface area (Å²) in [5.74, 6) is 0.329. The van der Waals surface area contributed by atoms with E-state index in [1.54, 1.807) is 11.0 Å². The number of ether oxygens (including phenoxy) is 1. The van der Waals surface area contributed by atoms with Gasteiger partial charge in [-0.3, -0.25) is 4.79 Å². The summed E-state index contributed by atoms with van der Waals surface area (Å²) in [4.78, 5) is 13.5. The highest BCUT2D eigenvalue weighted by atomic mass is 32.2. The van der Waals surface area contributed by atoms with Gasteiger partial charge in [0.05, 0.1) is 17.1 Å². The molecule has 4 rings (SSSR count). The Hall–Kier alpha value is -2.38. The molecule has 0 saturated heterocycles. The number of hydrogen-bond donors (Lipinski definition) is 1. The quantitative estimate of drug-likeness (QED) is 0.880. The molecule has 2 aromatic rings. The van der Waals surface area contributed by atoms with Crippen molar-refractivity contribution >= 4 is 21.6 Å². The van der Waals surface area contributed by atoms with E-state index in [-0.39, 0.29) is 16.8 Å². The van der Waals surface area contributed by atoms with E-state index in [0.717, 1.165) is 24.8 Å². The second-order valence-electron chi connectivity index (χ2n) is 6.91. The first kappa shape index (κ1) is 18.0. The number of rotatable bonds is 3. The average molecular weight is 386 g/mol. The maximum absolute atomic E-state index is 13.0. The van der Waals surface area contributed by atoms with Crippen molar-refractivity contribution in [3.05, 3.63) is 53.6 Å². The Morgan fingerprint density at radius 3 is 2.85 bits per heavy atom. The molecule has 1 unspecified atom stereocenters. The molecule has 0 spiro atoms. The molecule has 6 nitrogen and oxygen atoms in total. The molecule has 0 saturated carbocycles. The highest BCUT2D eigenvalue weighted by Crippen LogP contribution is 2.35. The zero-order chi connectivity index (χ0) is 19.0. The molecule has 1 aliphatic heterocycles. The lowest BCUT2D eigenvalue weighted by atomic mass is 9.88. The van der Waals surface area contributed by atoms with Crippen molar-refractivity contribution in [1.82, 2.24) is 4.72 Å². The van der Waals surface area contributed by atoms with E-state index in [4.69, 9.17) is 4.74 Å². The van der Waals surface area contributed by atoms with Crippen LogP contribution in [-0.2, 0) is 21.2 Å². The number of aryl methyl sites for hydroxylation is 1. The molecule has 0 radical (unpaired) electrons. The first-order chi connectivity index (χ1) is 13.0. The Kier molecular flexibility index (Phi) is 4.65. The van der Waals surface area contributed by atoms with Crippen molar-refractivity contribution in [3.63, 3.8) is 0 Å². The number of fused-ring (bicyclic) bond motifs is 2. The molecule has 1 aliphatic carbocycles. The summed E-state index contributed by atoms with van der Waals surface area (Å²) in [5.41, 5.74) is 2.85. The number of amides is 1. The number of carbonyl (C=O) groups is 1. The first-order valence-electron chi connectivity index (χ1n) is 9.11. The van der Waals surface area contributed by atoms with Gasteiger partial charge >= 0.3 is 0 Å². The molecule has 1 atom stereocenters. The van der Waals surface area contributed by atoms with Crippen LogP contribution in [0.25, 0.3) is 0 Å². The summed E-state index contributed by atoms with van der Waals surface area (Å²) in [7, 11) is -3.71. The van der Waals surface area contributed by atoms with Gasteiger partial charge in [-0.2, -0.15) is 0 Å². The van der Waals surface area contributed by atoms with Crippen molar-refractivity contribution < 1.29 is 17.9 Å². The van der Waals surface area contributed by atoms with Gasteiger partial charge in [0.2, 0.25) is 15.9 Å². The second-order valence-corrected chi connectivity index (χ2v) is 8.63. The standard InChI is InChI=1S/C20H22N2O4S/c1-14(23)22-11-12-26-20-13-16(9-10-19(20)22)27(24,25)21-18-8-4-6-15-5-2-3-7-17(15)18/h2-3,5,7,9-10,13,18,21H,4,6,8,11-12H2,1H3. The predicted octanol–water partition coefficient (Wildman–Crippen LogP) is 2.79. The van der Waals surface area contributed by atoms with Gasteiger partial charge in [0.15, 0.2) is 0 Å². The Bertz CT molecular complexity index is 987. The van der Waals surface area contributed by atoms with Gasteiger partial charge in [0.25, 0.3) is 0 Å². The van der Waals surface area contributed by atoms with Gasteiger partial charge < -0.3 is 9.64 Å². The van der Waals surface area contributed by atoms with Crippen LogP contribution in [0.1, 0.15) is 36.9 Å². The van der Waals surface area contributed by atoms with E-state index in [0.29, 0.717) is 24.6 Å². The molecule has 1 N–H and O–H groups in total. The number of anilines is 1. The van der Waals surface area contributed by atoms with Crippen LogP contribution >= 0.6 is 0 Å². The third kappa shape index (κ3) is 3.44. The molecule has 2 aromatic carbocycles. The fourth-order valence-corrected chi connectivity index (χ4v) is 5.09. The van der Waals surface area contributed by atoms with Crippen LogP contribution in [0.4, 0.5) is 5.69 Å². The molecular weight excluding hydrogens is 364 g/mol. The van der Waals surface area contributed by atoms with E-state index in [9.17, 15) is 13.2 Å². The Morgan fingerprint density at radius 2 is 2.04 bits per heavy atom. The van der Waals surface area contributed by atoms with Crippen LogP contribution in [0, 0.1) is 0 Å². The zero-order valence-corrected chi connectivity index (χ0v) is 16.0. The Balaban J connectivity index is 1.63. The molecule has 1 amide bonds. The molecule has 0 fully saturated rings. The number of nitrogens with one attached hydrogen (secondary N) is 1. The van der Waals surface area contributed by atoms with E-state index in [2.05, 4.69) is 10.8 Å². The highest BCUT2D eigenvalue weighted by molar-refractivity contribution is 7.89. The largest absolute Gasteiger partial charge is 0.489 e. The monoisotopic (exact) mass is 386 g/mol. The molecular formula is C20H22N2O4S. The van der Waals surface area contributed by atoms with Crippen LogP contribution < -0.4 is 14.4 Å². The number of carbonyl (C=O) groups excluding carboxylic acids is 1. The molecule has 7 heteroatoms. The lowest BCUT2D eigenvalue weighted by Crippen LogP contribution is -2.36. The topological polar surface area (TPSA) is 75.7 Å². The number of nitrogens with zero attached hydrogens (tertiary/aromatic N) is 1. The lowest BCUT2D eigenvalue weighted by molar-refractivity contribution is -0.116. The zero-order valence-electron chi connectivity index (χ0n) is 15.1. The smallest absolute Gasteiger partial charge is 0.241 e. The van der Waals surface area contributed by atoms with Crippen LogP contribution in [0.3, 0.4) is 0 Å². The summed E-state index contributed by atoms with van der Waals surface area (Å²) in [5, 5.41) is 0. The Morgan fingerprint density at radius 1 is 1.22 bits per heavy atom. The van der Waals surface area contributed by atoms with E-state index < -0.39 is 10.0 Å². The summed E-state index contributed by atoms with van der Waals surface area (Å²) in [6, 6.07) is 12.4. The minimum absolute atomic E-state index is 0.0907. The van der Waals surface area contributed by atoms with E-state index in [1.807, 2.05) is 18.2 Å². The fraction of sp³-hybridized carbons (Fsp3) is 0.350. The van der Waals surface area contributed by atoms with Gasteiger partial charge in [-0.1, -0.05) is 24.3 Å². The molecule has 142 valence electrons. The maximum Gasteiger partial charge on any atom is 0.241 e. The van der Waals surface area contributed by atoms with Crippen LogP contribution in [0.2, 0.25) is 0 Å². The van der Waals surface area contributed by atoms with Crippen molar-refractivity contribution in [1.29, 1.82) is 0 Å². The third-order valence-electron chi connectivity index (χ3n) is 5.15. The van der Waals surface area contributed by atoms with Crippen molar-refractivity contribution in [2.45, 2.75) is 37.1 Å². The van der Waals surface area contributed by atoms with E-state index >= 15 is 0 Å². The molecule has 1 heterocycles. The fourth-order valence-electron chi connectivity index (χ4n) is 3.83. The van der Waals surface area contributed by atoms with Crippen molar-refractivity contribution in [2.75, 3.05) is 18.1 Å². The summed E-state index contributed by atoms with van der Waals surface area (Å²) in [6.45, 7) is 2.30. The van der Waals surface area contributed by atoms with Crippen molar-refractivity contribution in [3.8, 4) is 5.75 Å². The molecule has 0 aromatic heterocycles. The Labute approximate surface area is 159 Å². The van der Waals surface area contributed by atoms with Gasteiger partial charge in [-0.25, -0.2) is 13.1 Å². The van der Waals surface area contributed by atoms with Gasteiger partial charge in [-0.05, 0) is 42.5 Å². The summed E-state index contributed by atoms with van der Waals surface area (Å²) < 4.78 is 34.4. The van der Waals surface area contributed by atoms with Gasteiger partial charge in [0, 0.05) is 19.0 Å². The number of hydrogen-bond acceptors (Lipinski definition) is 4. The first-order valence-corrected chi connectivity index (χ1v) is 10.6.